The van der Waals surface area contributed by atoms with Crippen molar-refractivity contribution in [1.29, 1.82) is 0 Å². The summed E-state index contributed by atoms with van der Waals surface area (Å²) in [5.41, 5.74) is 0.866. The Hall–Kier alpha value is -1.13. The number of nitrogens with one attached hydrogen (secondary N) is 1. The van der Waals surface area contributed by atoms with Crippen molar-refractivity contribution in [2.24, 2.45) is 0 Å². The van der Waals surface area contributed by atoms with E-state index in [0.717, 1.165) is 37.3 Å². The van der Waals surface area contributed by atoms with Crippen LogP contribution in [0, 0.1) is 5.82 Å². The second kappa shape index (κ2) is 6.57. The fourth-order valence-corrected chi connectivity index (χ4v) is 1.78. The van der Waals surface area contributed by atoms with Gasteiger partial charge in [-0.2, -0.15) is 0 Å². The van der Waals surface area contributed by atoms with Gasteiger partial charge in [0.05, 0.1) is 13.2 Å². The first-order valence-electron chi connectivity index (χ1n) is 6.06. The summed E-state index contributed by atoms with van der Waals surface area (Å²) in [5, 5.41) is 3.21. The van der Waals surface area contributed by atoms with E-state index < -0.39 is 0 Å². The number of ether oxygens (including phenoxy) is 2. The highest BCUT2D eigenvalue weighted by molar-refractivity contribution is 5.33. The van der Waals surface area contributed by atoms with Crippen LogP contribution in [0.3, 0.4) is 0 Å². The molecule has 0 bridgehead atoms. The van der Waals surface area contributed by atoms with Gasteiger partial charge >= 0.3 is 0 Å². The molecule has 17 heavy (non-hydrogen) atoms. The quantitative estimate of drug-likeness (QED) is 0.752. The van der Waals surface area contributed by atoms with Crippen molar-refractivity contribution in [3.63, 3.8) is 0 Å². The Morgan fingerprint density at radius 1 is 1.12 bits per heavy atom. The highest BCUT2D eigenvalue weighted by Crippen LogP contribution is 2.20. The third-order valence-corrected chi connectivity index (χ3v) is 2.70. The number of rotatable bonds is 0. The molecule has 0 saturated carbocycles. The largest absolute Gasteiger partial charge is 0.493 e. The van der Waals surface area contributed by atoms with Gasteiger partial charge < -0.3 is 14.8 Å². The Balaban J connectivity index is 2.05. The van der Waals surface area contributed by atoms with Crippen LogP contribution >= 0.6 is 0 Å². The van der Waals surface area contributed by atoms with Gasteiger partial charge in [-0.1, -0.05) is 0 Å². The van der Waals surface area contributed by atoms with E-state index in [9.17, 15) is 4.39 Å². The maximum Gasteiger partial charge on any atom is 0.123 e. The molecule has 94 valence electrons. The molecule has 1 heterocycles. The average Bonchev–Trinajstić information content (AvgIpc) is 2.31. The van der Waals surface area contributed by atoms with Crippen molar-refractivity contribution in [2.75, 3.05) is 26.4 Å². The van der Waals surface area contributed by atoms with E-state index in [1.54, 1.807) is 6.07 Å². The summed E-state index contributed by atoms with van der Waals surface area (Å²) in [4.78, 5) is 0. The molecular formula is C13H18FNO2. The van der Waals surface area contributed by atoms with Crippen LogP contribution in [-0.2, 0) is 11.3 Å². The second-order valence-electron chi connectivity index (χ2n) is 4.10. The molecule has 1 N–H and O–H groups in total. The molecule has 0 fully saturated rings. The maximum atomic E-state index is 13.1. The van der Waals surface area contributed by atoms with Crippen molar-refractivity contribution in [3.8, 4) is 5.75 Å². The Morgan fingerprint density at radius 3 is 2.94 bits per heavy atom. The fourth-order valence-electron chi connectivity index (χ4n) is 1.78. The predicted octanol–water partition coefficient (Wildman–Crippen LogP) is 2.10. The van der Waals surface area contributed by atoms with E-state index in [1.165, 1.54) is 12.1 Å². The number of fused-ring (bicyclic) bond motifs is 1. The van der Waals surface area contributed by atoms with Crippen LogP contribution < -0.4 is 10.1 Å². The molecule has 1 aromatic rings. The SMILES string of the molecule is Fc1ccc2c(c1)CNCCOCCCCO2. The van der Waals surface area contributed by atoms with Gasteiger partial charge in [0.25, 0.3) is 0 Å². The second-order valence-corrected chi connectivity index (χ2v) is 4.10. The monoisotopic (exact) mass is 239 g/mol. The summed E-state index contributed by atoms with van der Waals surface area (Å²) in [7, 11) is 0. The molecule has 0 aliphatic carbocycles. The first-order valence-corrected chi connectivity index (χ1v) is 6.06. The van der Waals surface area contributed by atoms with E-state index in [0.29, 0.717) is 19.8 Å². The van der Waals surface area contributed by atoms with Crippen molar-refractivity contribution < 1.29 is 13.9 Å². The van der Waals surface area contributed by atoms with Crippen molar-refractivity contribution in [1.82, 2.24) is 5.32 Å². The zero-order chi connectivity index (χ0) is 11.9. The minimum absolute atomic E-state index is 0.225. The highest BCUT2D eigenvalue weighted by atomic mass is 19.1. The van der Waals surface area contributed by atoms with E-state index in [4.69, 9.17) is 9.47 Å². The molecule has 0 amide bonds. The van der Waals surface area contributed by atoms with E-state index in [-0.39, 0.29) is 5.82 Å². The van der Waals surface area contributed by atoms with Crippen LogP contribution in [0.15, 0.2) is 18.2 Å². The number of halogens is 1. The zero-order valence-corrected chi connectivity index (χ0v) is 9.88. The minimum Gasteiger partial charge on any atom is -0.493 e. The van der Waals surface area contributed by atoms with Crippen molar-refractivity contribution >= 4 is 0 Å². The lowest BCUT2D eigenvalue weighted by Gasteiger charge is -2.14. The van der Waals surface area contributed by atoms with Crippen LogP contribution in [0.2, 0.25) is 0 Å². The molecule has 0 saturated heterocycles. The molecule has 1 aliphatic heterocycles. The minimum atomic E-state index is -0.225. The van der Waals surface area contributed by atoms with Crippen molar-refractivity contribution in [3.05, 3.63) is 29.6 Å². The van der Waals surface area contributed by atoms with Crippen LogP contribution in [0.1, 0.15) is 18.4 Å². The molecule has 0 atom stereocenters. The Kier molecular flexibility index (Phi) is 4.76. The zero-order valence-electron chi connectivity index (χ0n) is 9.88. The Labute approximate surface area is 101 Å². The van der Waals surface area contributed by atoms with Crippen LogP contribution in [0.25, 0.3) is 0 Å². The summed E-state index contributed by atoms with van der Waals surface area (Å²) in [5.74, 6) is 0.554. The van der Waals surface area contributed by atoms with Gasteiger partial charge in [-0.25, -0.2) is 4.39 Å². The number of hydrogen-bond donors (Lipinski definition) is 1. The summed E-state index contributed by atoms with van der Waals surface area (Å²) < 4.78 is 24.2. The Morgan fingerprint density at radius 2 is 2.00 bits per heavy atom. The summed E-state index contributed by atoms with van der Waals surface area (Å²) in [6, 6.07) is 4.66. The summed E-state index contributed by atoms with van der Waals surface area (Å²) in [6.07, 6.45) is 1.96. The fraction of sp³-hybridized carbons (Fsp3) is 0.538. The van der Waals surface area contributed by atoms with Gasteiger partial charge in [-0.05, 0) is 31.0 Å². The number of benzene rings is 1. The van der Waals surface area contributed by atoms with Crippen LogP contribution in [-0.4, -0.2) is 26.4 Å². The molecule has 0 unspecified atom stereocenters. The summed E-state index contributed by atoms with van der Waals surface area (Å²) >= 11 is 0. The molecule has 0 radical (unpaired) electrons. The standard InChI is InChI=1S/C13H18FNO2/c14-12-3-4-13-11(9-12)10-15-5-8-16-6-1-2-7-17-13/h3-4,9,15H,1-2,5-8,10H2. The molecule has 0 spiro atoms. The lowest BCUT2D eigenvalue weighted by molar-refractivity contribution is 0.126. The molecule has 1 aliphatic rings. The molecular weight excluding hydrogens is 221 g/mol. The molecule has 2 rings (SSSR count). The number of hydrogen-bond acceptors (Lipinski definition) is 3. The lowest BCUT2D eigenvalue weighted by Crippen LogP contribution is -2.21. The first kappa shape index (κ1) is 12.3. The first-order chi connectivity index (χ1) is 8.36. The smallest absolute Gasteiger partial charge is 0.123 e. The maximum absolute atomic E-state index is 13.1. The lowest BCUT2D eigenvalue weighted by atomic mass is 10.2. The van der Waals surface area contributed by atoms with Crippen LogP contribution in [0.4, 0.5) is 4.39 Å². The molecule has 4 heteroatoms. The Bertz CT molecular complexity index is 357. The third-order valence-electron chi connectivity index (χ3n) is 2.70. The van der Waals surface area contributed by atoms with Gasteiger partial charge in [0.1, 0.15) is 11.6 Å². The van der Waals surface area contributed by atoms with E-state index in [1.807, 2.05) is 0 Å². The highest BCUT2D eigenvalue weighted by Gasteiger charge is 2.06. The van der Waals surface area contributed by atoms with Gasteiger partial charge in [0.2, 0.25) is 0 Å². The average molecular weight is 239 g/mol. The predicted molar refractivity (Wildman–Crippen MR) is 63.7 cm³/mol. The molecule has 0 aromatic heterocycles. The van der Waals surface area contributed by atoms with E-state index in [2.05, 4.69) is 5.32 Å². The topological polar surface area (TPSA) is 30.5 Å². The van der Waals surface area contributed by atoms with Gasteiger partial charge in [0, 0.05) is 25.3 Å². The third kappa shape index (κ3) is 3.98. The summed E-state index contributed by atoms with van der Waals surface area (Å²) in [6.45, 7) is 3.52. The van der Waals surface area contributed by atoms with Gasteiger partial charge in [-0.15, -0.1) is 0 Å². The van der Waals surface area contributed by atoms with Crippen molar-refractivity contribution in [2.45, 2.75) is 19.4 Å². The van der Waals surface area contributed by atoms with E-state index >= 15 is 0 Å². The molecule has 3 nitrogen and oxygen atoms in total. The van der Waals surface area contributed by atoms with Gasteiger partial charge in [0.15, 0.2) is 0 Å². The molecule has 1 aromatic carbocycles. The van der Waals surface area contributed by atoms with Crippen LogP contribution in [0.5, 0.6) is 5.75 Å². The normalized spacial score (nSPS) is 18.4. The van der Waals surface area contributed by atoms with Gasteiger partial charge in [-0.3, -0.25) is 0 Å².